The van der Waals surface area contributed by atoms with Crippen molar-refractivity contribution in [1.82, 2.24) is 0 Å². The van der Waals surface area contributed by atoms with E-state index in [0.717, 1.165) is 5.56 Å². The second-order valence-corrected chi connectivity index (χ2v) is 7.43. The zero-order chi connectivity index (χ0) is 13.9. The van der Waals surface area contributed by atoms with Crippen LogP contribution in [0.25, 0.3) is 0 Å². The average Bonchev–Trinajstić information content (AvgIpc) is 2.22. The van der Waals surface area contributed by atoms with E-state index in [9.17, 15) is 4.21 Å². The van der Waals surface area contributed by atoms with Gasteiger partial charge in [0.15, 0.2) is 0 Å². The maximum absolute atomic E-state index is 11.7. The molecule has 0 bridgehead atoms. The molecule has 1 unspecified atom stereocenters. The van der Waals surface area contributed by atoms with Crippen molar-refractivity contribution in [2.24, 2.45) is 0 Å². The third kappa shape index (κ3) is 3.92. The first-order valence-electron chi connectivity index (χ1n) is 6.32. The van der Waals surface area contributed by atoms with Gasteiger partial charge in [-0.2, -0.15) is 0 Å². The Labute approximate surface area is 113 Å². The maximum Gasteiger partial charge on any atom is 0.0546 e. The number of hydrogen-bond donors (Lipinski definition) is 1. The number of aliphatic hydroxyl groups excluding tert-OH is 1. The second-order valence-electron chi connectivity index (χ2n) is 5.85. The molecule has 2 nitrogen and oxygen atoms in total. The molecule has 3 heteroatoms. The molecule has 1 atom stereocenters. The molecule has 0 saturated carbocycles. The second kappa shape index (κ2) is 5.98. The summed E-state index contributed by atoms with van der Waals surface area (Å²) in [4.78, 5) is 0. The largest absolute Gasteiger partial charge is 0.395 e. The Kier molecular flexibility index (Phi) is 5.11. The summed E-state index contributed by atoms with van der Waals surface area (Å²) in [5.74, 6) is 0.905. The quantitative estimate of drug-likeness (QED) is 0.911. The fraction of sp³-hybridized carbons (Fsp3) is 0.600. The molecule has 0 heterocycles. The highest BCUT2D eigenvalue weighted by molar-refractivity contribution is 7.84. The van der Waals surface area contributed by atoms with Gasteiger partial charge in [0, 0.05) is 22.3 Å². The summed E-state index contributed by atoms with van der Waals surface area (Å²) in [5, 5.41) is 8.81. The minimum absolute atomic E-state index is 0.00915. The van der Waals surface area contributed by atoms with Crippen molar-refractivity contribution in [2.45, 2.75) is 45.8 Å². The van der Waals surface area contributed by atoms with E-state index in [1.807, 2.05) is 0 Å². The van der Waals surface area contributed by atoms with Crippen LogP contribution in [-0.2, 0) is 22.0 Å². The Morgan fingerprint density at radius 2 is 1.67 bits per heavy atom. The normalized spacial score (nSPS) is 13.7. The monoisotopic (exact) mass is 268 g/mol. The summed E-state index contributed by atoms with van der Waals surface area (Å²) < 4.78 is 11.7. The molecule has 0 radical (unpaired) electrons. The molecule has 102 valence electrons. The van der Waals surface area contributed by atoms with E-state index in [1.54, 1.807) is 0 Å². The van der Waals surface area contributed by atoms with Gasteiger partial charge in [-0.3, -0.25) is 4.21 Å². The van der Waals surface area contributed by atoms with Crippen molar-refractivity contribution in [3.63, 3.8) is 0 Å². The first kappa shape index (κ1) is 15.4. The lowest BCUT2D eigenvalue weighted by Crippen LogP contribution is -2.13. The van der Waals surface area contributed by atoms with Crippen LogP contribution in [0.1, 0.15) is 43.0 Å². The SMILES string of the molecule is Cc1cc(C(C)(C)C)cc(C)c1CS(=O)CCO. The van der Waals surface area contributed by atoms with Gasteiger partial charge < -0.3 is 5.11 Å². The van der Waals surface area contributed by atoms with Gasteiger partial charge in [-0.25, -0.2) is 0 Å². The van der Waals surface area contributed by atoms with E-state index in [0.29, 0.717) is 11.5 Å². The van der Waals surface area contributed by atoms with Gasteiger partial charge >= 0.3 is 0 Å². The molecule has 0 aliphatic carbocycles. The summed E-state index contributed by atoms with van der Waals surface area (Å²) >= 11 is 0. The molecular weight excluding hydrogens is 244 g/mol. The third-order valence-corrected chi connectivity index (χ3v) is 4.43. The van der Waals surface area contributed by atoms with Crippen LogP contribution in [-0.4, -0.2) is 21.7 Å². The average molecular weight is 268 g/mol. The van der Waals surface area contributed by atoms with E-state index >= 15 is 0 Å². The van der Waals surface area contributed by atoms with E-state index in [-0.39, 0.29) is 12.0 Å². The molecule has 18 heavy (non-hydrogen) atoms. The Morgan fingerprint density at radius 1 is 1.17 bits per heavy atom. The van der Waals surface area contributed by atoms with Gasteiger partial charge in [0.25, 0.3) is 0 Å². The predicted octanol–water partition coefficient (Wildman–Crippen LogP) is 2.84. The van der Waals surface area contributed by atoms with Crippen LogP contribution in [0.3, 0.4) is 0 Å². The van der Waals surface area contributed by atoms with Gasteiger partial charge in [0.05, 0.1) is 6.61 Å². The molecule has 0 amide bonds. The maximum atomic E-state index is 11.7. The number of aryl methyl sites for hydroxylation is 2. The van der Waals surface area contributed by atoms with Gasteiger partial charge in [-0.05, 0) is 41.5 Å². The first-order chi connectivity index (χ1) is 8.25. The van der Waals surface area contributed by atoms with Crippen LogP contribution in [0.4, 0.5) is 0 Å². The number of rotatable bonds is 4. The Morgan fingerprint density at radius 3 is 2.06 bits per heavy atom. The topological polar surface area (TPSA) is 37.3 Å². The number of benzene rings is 1. The van der Waals surface area contributed by atoms with E-state index in [2.05, 4.69) is 46.8 Å². The van der Waals surface area contributed by atoms with Gasteiger partial charge in [0.2, 0.25) is 0 Å². The fourth-order valence-corrected chi connectivity index (χ4v) is 3.11. The van der Waals surface area contributed by atoms with Crippen LogP contribution in [0.15, 0.2) is 12.1 Å². The Hall–Kier alpha value is -0.670. The highest BCUT2D eigenvalue weighted by Crippen LogP contribution is 2.27. The molecule has 1 aromatic rings. The highest BCUT2D eigenvalue weighted by atomic mass is 32.2. The zero-order valence-electron chi connectivity index (χ0n) is 12.0. The molecule has 0 aromatic heterocycles. The van der Waals surface area contributed by atoms with Crippen LogP contribution in [0.2, 0.25) is 0 Å². The van der Waals surface area contributed by atoms with Crippen LogP contribution in [0, 0.1) is 13.8 Å². The molecule has 1 rings (SSSR count). The molecular formula is C15H24O2S. The lowest BCUT2D eigenvalue weighted by atomic mass is 9.84. The number of aliphatic hydroxyl groups is 1. The summed E-state index contributed by atoms with van der Waals surface area (Å²) in [6, 6.07) is 4.39. The smallest absolute Gasteiger partial charge is 0.0546 e. The lowest BCUT2D eigenvalue weighted by molar-refractivity contribution is 0.321. The van der Waals surface area contributed by atoms with Crippen LogP contribution >= 0.6 is 0 Å². The molecule has 0 spiro atoms. The highest BCUT2D eigenvalue weighted by Gasteiger charge is 2.16. The third-order valence-electron chi connectivity index (χ3n) is 3.19. The standard InChI is InChI=1S/C15H24O2S/c1-11-8-13(15(3,4)5)9-12(2)14(11)10-18(17)7-6-16/h8-9,16H,6-7,10H2,1-5H3. The van der Waals surface area contributed by atoms with Gasteiger partial charge in [-0.15, -0.1) is 0 Å². The summed E-state index contributed by atoms with van der Waals surface area (Å²) in [7, 11) is -0.969. The summed E-state index contributed by atoms with van der Waals surface area (Å²) in [5.41, 5.74) is 5.01. The minimum Gasteiger partial charge on any atom is -0.395 e. The molecule has 0 aliphatic rings. The Bertz CT molecular complexity index is 421. The van der Waals surface area contributed by atoms with Crippen molar-refractivity contribution >= 4 is 10.8 Å². The van der Waals surface area contributed by atoms with Crippen molar-refractivity contribution in [3.8, 4) is 0 Å². The van der Waals surface area contributed by atoms with Gasteiger partial charge in [-0.1, -0.05) is 32.9 Å². The van der Waals surface area contributed by atoms with Crippen molar-refractivity contribution in [3.05, 3.63) is 34.4 Å². The Balaban J connectivity index is 3.06. The minimum atomic E-state index is -0.969. The fourth-order valence-electron chi connectivity index (χ4n) is 1.99. The molecule has 0 saturated heterocycles. The number of hydrogen-bond acceptors (Lipinski definition) is 2. The van der Waals surface area contributed by atoms with Crippen LogP contribution in [0.5, 0.6) is 0 Å². The first-order valence-corrected chi connectivity index (χ1v) is 7.81. The van der Waals surface area contributed by atoms with E-state index < -0.39 is 10.8 Å². The van der Waals surface area contributed by atoms with Crippen molar-refractivity contribution in [1.29, 1.82) is 0 Å². The van der Waals surface area contributed by atoms with E-state index in [4.69, 9.17) is 5.11 Å². The predicted molar refractivity (Wildman–Crippen MR) is 78.4 cm³/mol. The molecule has 1 N–H and O–H groups in total. The molecule has 0 fully saturated rings. The van der Waals surface area contributed by atoms with Gasteiger partial charge in [0.1, 0.15) is 0 Å². The molecule has 1 aromatic carbocycles. The molecule has 0 aliphatic heterocycles. The van der Waals surface area contributed by atoms with E-state index in [1.165, 1.54) is 16.7 Å². The van der Waals surface area contributed by atoms with Crippen molar-refractivity contribution in [2.75, 3.05) is 12.4 Å². The summed E-state index contributed by atoms with van der Waals surface area (Å²) in [6.07, 6.45) is 0. The zero-order valence-corrected chi connectivity index (χ0v) is 12.9. The van der Waals surface area contributed by atoms with Crippen molar-refractivity contribution < 1.29 is 9.32 Å². The lowest BCUT2D eigenvalue weighted by Gasteiger charge is -2.22. The van der Waals surface area contributed by atoms with Crippen LogP contribution < -0.4 is 0 Å². The summed E-state index contributed by atoms with van der Waals surface area (Å²) in [6.45, 7) is 10.7.